The standard InChI is InChI=1S/C18H16FN5O2S/c1-24-16(12-7-3-2-4-8-12)21-23-18(24)27-11-15(25)20-22-17(26)13-9-5-6-10-14(13)19/h2-10H,11H2,1H3,(H,20,25)(H,22,26). The minimum atomic E-state index is -0.725. The van der Waals surface area contributed by atoms with Crippen LogP contribution in [0.4, 0.5) is 4.39 Å². The van der Waals surface area contributed by atoms with Crippen molar-refractivity contribution in [2.45, 2.75) is 5.16 Å². The van der Waals surface area contributed by atoms with Gasteiger partial charge in [0.25, 0.3) is 5.91 Å². The van der Waals surface area contributed by atoms with E-state index in [1.54, 1.807) is 4.57 Å². The summed E-state index contributed by atoms with van der Waals surface area (Å²) in [4.78, 5) is 23.8. The highest BCUT2D eigenvalue weighted by molar-refractivity contribution is 7.99. The maximum atomic E-state index is 13.5. The van der Waals surface area contributed by atoms with Gasteiger partial charge in [-0.3, -0.25) is 20.4 Å². The zero-order chi connectivity index (χ0) is 19.2. The lowest BCUT2D eigenvalue weighted by molar-refractivity contribution is -0.119. The van der Waals surface area contributed by atoms with E-state index in [4.69, 9.17) is 0 Å². The lowest BCUT2D eigenvalue weighted by Crippen LogP contribution is -2.42. The van der Waals surface area contributed by atoms with Gasteiger partial charge in [0.2, 0.25) is 5.91 Å². The molecule has 1 aromatic heterocycles. The van der Waals surface area contributed by atoms with Gasteiger partial charge in [-0.2, -0.15) is 0 Å². The molecule has 0 aliphatic heterocycles. The van der Waals surface area contributed by atoms with Gasteiger partial charge in [0.1, 0.15) is 5.82 Å². The van der Waals surface area contributed by atoms with Crippen LogP contribution in [0.5, 0.6) is 0 Å². The molecule has 3 aromatic rings. The monoisotopic (exact) mass is 385 g/mol. The first-order valence-electron chi connectivity index (χ1n) is 7.97. The van der Waals surface area contributed by atoms with E-state index >= 15 is 0 Å². The van der Waals surface area contributed by atoms with E-state index in [-0.39, 0.29) is 11.3 Å². The third kappa shape index (κ3) is 4.50. The van der Waals surface area contributed by atoms with Crippen LogP contribution < -0.4 is 10.9 Å². The van der Waals surface area contributed by atoms with Gasteiger partial charge in [-0.15, -0.1) is 10.2 Å². The fourth-order valence-corrected chi connectivity index (χ4v) is 3.00. The number of hydrogen-bond acceptors (Lipinski definition) is 5. The Labute approximate surface area is 159 Å². The van der Waals surface area contributed by atoms with Crippen LogP contribution in [0.25, 0.3) is 11.4 Å². The number of carbonyl (C=O) groups is 2. The van der Waals surface area contributed by atoms with Gasteiger partial charge in [0, 0.05) is 12.6 Å². The highest BCUT2D eigenvalue weighted by Crippen LogP contribution is 2.22. The first-order valence-corrected chi connectivity index (χ1v) is 8.96. The first kappa shape index (κ1) is 18.6. The molecule has 7 nitrogen and oxygen atoms in total. The molecule has 0 spiro atoms. The Morgan fingerprint density at radius 3 is 2.48 bits per heavy atom. The molecule has 0 fully saturated rings. The minimum Gasteiger partial charge on any atom is -0.305 e. The number of benzene rings is 2. The average molecular weight is 385 g/mol. The molecule has 0 bridgehead atoms. The van der Waals surface area contributed by atoms with Crippen molar-refractivity contribution in [2.24, 2.45) is 7.05 Å². The van der Waals surface area contributed by atoms with Gasteiger partial charge < -0.3 is 4.57 Å². The summed E-state index contributed by atoms with van der Waals surface area (Å²) in [6.45, 7) is 0. The number of nitrogens with zero attached hydrogens (tertiary/aromatic N) is 3. The molecule has 27 heavy (non-hydrogen) atoms. The number of hydrazine groups is 1. The zero-order valence-electron chi connectivity index (χ0n) is 14.3. The van der Waals surface area contributed by atoms with Crippen molar-refractivity contribution >= 4 is 23.6 Å². The summed E-state index contributed by atoms with van der Waals surface area (Å²) in [5, 5.41) is 8.77. The number of aromatic nitrogens is 3. The quantitative estimate of drug-likeness (QED) is 0.519. The summed E-state index contributed by atoms with van der Waals surface area (Å²) in [6, 6.07) is 15.1. The Bertz CT molecular complexity index is 961. The SMILES string of the molecule is Cn1c(SCC(=O)NNC(=O)c2ccccc2F)nnc1-c1ccccc1. The van der Waals surface area contributed by atoms with Gasteiger partial charge in [-0.25, -0.2) is 4.39 Å². The molecular formula is C18H16FN5O2S. The van der Waals surface area contributed by atoms with Crippen molar-refractivity contribution < 1.29 is 14.0 Å². The molecule has 0 radical (unpaired) electrons. The van der Waals surface area contributed by atoms with Crippen LogP contribution in [0.1, 0.15) is 10.4 Å². The molecule has 2 amide bonds. The Hall–Kier alpha value is -3.20. The molecule has 138 valence electrons. The van der Waals surface area contributed by atoms with E-state index in [0.717, 1.165) is 5.56 Å². The van der Waals surface area contributed by atoms with E-state index in [1.165, 1.54) is 36.0 Å². The first-order chi connectivity index (χ1) is 13.1. The molecule has 0 saturated carbocycles. The summed E-state index contributed by atoms with van der Waals surface area (Å²) >= 11 is 1.17. The Morgan fingerprint density at radius 2 is 1.74 bits per heavy atom. The smallest absolute Gasteiger partial charge is 0.272 e. The van der Waals surface area contributed by atoms with Gasteiger partial charge in [-0.1, -0.05) is 54.2 Å². The van der Waals surface area contributed by atoms with Crippen molar-refractivity contribution in [3.8, 4) is 11.4 Å². The predicted molar refractivity (Wildman–Crippen MR) is 99.2 cm³/mol. The van der Waals surface area contributed by atoms with Crippen LogP contribution in [0.15, 0.2) is 59.8 Å². The van der Waals surface area contributed by atoms with Crippen LogP contribution in [0.2, 0.25) is 0 Å². The third-order valence-corrected chi connectivity index (χ3v) is 4.65. The van der Waals surface area contributed by atoms with Crippen molar-refractivity contribution in [2.75, 3.05) is 5.75 Å². The fraction of sp³-hybridized carbons (Fsp3) is 0.111. The molecule has 2 aromatic carbocycles. The van der Waals surface area contributed by atoms with Crippen LogP contribution in [0.3, 0.4) is 0 Å². The zero-order valence-corrected chi connectivity index (χ0v) is 15.2. The van der Waals surface area contributed by atoms with Crippen LogP contribution >= 0.6 is 11.8 Å². The molecule has 3 rings (SSSR count). The highest BCUT2D eigenvalue weighted by atomic mass is 32.2. The van der Waals surface area contributed by atoms with E-state index in [1.807, 2.05) is 37.4 Å². The summed E-state index contributed by atoms with van der Waals surface area (Å²) in [6.07, 6.45) is 0. The van der Waals surface area contributed by atoms with Gasteiger partial charge in [-0.05, 0) is 12.1 Å². The average Bonchev–Trinajstić information content (AvgIpc) is 3.06. The van der Waals surface area contributed by atoms with E-state index in [0.29, 0.717) is 11.0 Å². The Kier molecular flexibility index (Phi) is 5.82. The van der Waals surface area contributed by atoms with Crippen molar-refractivity contribution in [1.82, 2.24) is 25.6 Å². The predicted octanol–water partition coefficient (Wildman–Crippen LogP) is 2.17. The lowest BCUT2D eigenvalue weighted by atomic mass is 10.2. The molecule has 1 heterocycles. The molecule has 0 aliphatic carbocycles. The summed E-state index contributed by atoms with van der Waals surface area (Å²) in [5.74, 6) is -1.14. The van der Waals surface area contributed by atoms with Gasteiger partial charge in [0.15, 0.2) is 11.0 Å². The Morgan fingerprint density at radius 1 is 1.04 bits per heavy atom. The van der Waals surface area contributed by atoms with Crippen molar-refractivity contribution in [3.63, 3.8) is 0 Å². The second kappa shape index (κ2) is 8.45. The van der Waals surface area contributed by atoms with Gasteiger partial charge in [0.05, 0.1) is 11.3 Å². The lowest BCUT2D eigenvalue weighted by Gasteiger charge is -2.08. The topological polar surface area (TPSA) is 88.9 Å². The van der Waals surface area contributed by atoms with E-state index in [9.17, 15) is 14.0 Å². The molecule has 9 heteroatoms. The summed E-state index contributed by atoms with van der Waals surface area (Å²) < 4.78 is 15.3. The van der Waals surface area contributed by atoms with E-state index < -0.39 is 17.6 Å². The van der Waals surface area contributed by atoms with E-state index in [2.05, 4.69) is 21.0 Å². The number of nitrogens with one attached hydrogen (secondary N) is 2. The molecule has 2 N–H and O–H groups in total. The fourth-order valence-electron chi connectivity index (χ4n) is 2.28. The second-order valence-corrected chi connectivity index (χ2v) is 6.44. The van der Waals surface area contributed by atoms with Crippen LogP contribution in [-0.4, -0.2) is 32.3 Å². The second-order valence-electron chi connectivity index (χ2n) is 5.50. The Balaban J connectivity index is 1.53. The number of thioether (sulfide) groups is 1. The maximum Gasteiger partial charge on any atom is 0.272 e. The van der Waals surface area contributed by atoms with Crippen LogP contribution in [-0.2, 0) is 11.8 Å². The summed E-state index contributed by atoms with van der Waals surface area (Å²) in [5.41, 5.74) is 5.21. The normalized spacial score (nSPS) is 10.4. The number of carbonyl (C=O) groups excluding carboxylic acids is 2. The molecule has 0 atom stereocenters. The number of amides is 2. The number of rotatable bonds is 5. The molecule has 0 saturated heterocycles. The third-order valence-electron chi connectivity index (χ3n) is 3.63. The number of hydrogen-bond donors (Lipinski definition) is 2. The maximum absolute atomic E-state index is 13.5. The largest absolute Gasteiger partial charge is 0.305 e. The molecular weight excluding hydrogens is 369 g/mol. The highest BCUT2D eigenvalue weighted by Gasteiger charge is 2.14. The number of halogens is 1. The van der Waals surface area contributed by atoms with Crippen LogP contribution in [0, 0.1) is 5.82 Å². The molecule has 0 aliphatic rings. The molecule has 0 unspecified atom stereocenters. The van der Waals surface area contributed by atoms with Gasteiger partial charge >= 0.3 is 0 Å². The van der Waals surface area contributed by atoms with Crippen molar-refractivity contribution in [1.29, 1.82) is 0 Å². The minimum absolute atomic E-state index is 0.0122. The van der Waals surface area contributed by atoms with Crippen molar-refractivity contribution in [3.05, 3.63) is 66.0 Å². The summed E-state index contributed by atoms with van der Waals surface area (Å²) in [7, 11) is 1.81.